The van der Waals surface area contributed by atoms with Gasteiger partial charge in [0.2, 0.25) is 0 Å². The van der Waals surface area contributed by atoms with Gasteiger partial charge in [-0.1, -0.05) is 12.1 Å². The summed E-state index contributed by atoms with van der Waals surface area (Å²) in [7, 11) is 2.19. The van der Waals surface area contributed by atoms with E-state index in [4.69, 9.17) is 0 Å². The number of anilines is 1. The van der Waals surface area contributed by atoms with Gasteiger partial charge < -0.3 is 9.80 Å². The van der Waals surface area contributed by atoms with E-state index in [0.717, 1.165) is 29.4 Å². The number of hydrogen-bond donors (Lipinski definition) is 0. The molecule has 0 aliphatic carbocycles. The number of aryl methyl sites for hydroxylation is 1. The monoisotopic (exact) mass is 280 g/mol. The fraction of sp³-hybridized carbons (Fsp3) is 0.389. The van der Waals surface area contributed by atoms with E-state index in [2.05, 4.69) is 35.0 Å². The first-order chi connectivity index (χ1) is 10.0. The SMILES string of the molecule is Cc1cc2ccc(N3CC4(CN(C)C4)C3)cc2ccc1=O. The molecule has 2 aliphatic rings. The zero-order valence-corrected chi connectivity index (χ0v) is 12.6. The lowest BCUT2D eigenvalue weighted by atomic mass is 9.73. The molecule has 0 bridgehead atoms. The van der Waals surface area contributed by atoms with Crippen LogP contribution in [0.1, 0.15) is 5.56 Å². The van der Waals surface area contributed by atoms with Gasteiger partial charge in [-0.15, -0.1) is 0 Å². The summed E-state index contributed by atoms with van der Waals surface area (Å²) in [5.41, 5.74) is 2.73. The molecule has 2 heterocycles. The molecule has 4 rings (SSSR count). The number of hydrogen-bond acceptors (Lipinski definition) is 3. The second-order valence-corrected chi connectivity index (χ2v) is 6.87. The lowest BCUT2D eigenvalue weighted by Gasteiger charge is -2.60. The van der Waals surface area contributed by atoms with E-state index in [1.165, 1.54) is 18.8 Å². The van der Waals surface area contributed by atoms with E-state index < -0.39 is 0 Å². The number of likely N-dealkylation sites (tertiary alicyclic amines) is 1. The highest BCUT2D eigenvalue weighted by Crippen LogP contribution is 2.41. The van der Waals surface area contributed by atoms with Crippen LogP contribution in [0.4, 0.5) is 5.69 Å². The Bertz CT molecular complexity index is 770. The first-order valence-corrected chi connectivity index (χ1v) is 7.53. The average Bonchev–Trinajstić information content (AvgIpc) is 2.52. The minimum atomic E-state index is 0.105. The normalized spacial score (nSPS) is 20.4. The number of rotatable bonds is 1. The van der Waals surface area contributed by atoms with Crippen LogP contribution >= 0.6 is 0 Å². The van der Waals surface area contributed by atoms with Crippen LogP contribution in [0.5, 0.6) is 0 Å². The van der Waals surface area contributed by atoms with Crippen molar-refractivity contribution >= 4 is 16.5 Å². The van der Waals surface area contributed by atoms with Gasteiger partial charge in [0, 0.05) is 37.3 Å². The second kappa shape index (κ2) is 4.31. The summed E-state index contributed by atoms with van der Waals surface area (Å²) in [6.45, 7) is 6.65. The first-order valence-electron chi connectivity index (χ1n) is 7.53. The molecule has 2 aromatic rings. The van der Waals surface area contributed by atoms with Crippen LogP contribution in [0.15, 0.2) is 41.2 Å². The van der Waals surface area contributed by atoms with Crippen molar-refractivity contribution in [2.45, 2.75) is 6.92 Å². The average molecular weight is 280 g/mol. The third-order valence-corrected chi connectivity index (χ3v) is 4.87. The van der Waals surface area contributed by atoms with Gasteiger partial charge >= 0.3 is 0 Å². The molecular weight excluding hydrogens is 260 g/mol. The summed E-state index contributed by atoms with van der Waals surface area (Å²) in [6.07, 6.45) is 0. The zero-order valence-electron chi connectivity index (χ0n) is 12.6. The van der Waals surface area contributed by atoms with E-state index in [-0.39, 0.29) is 5.43 Å². The summed E-state index contributed by atoms with van der Waals surface area (Å²) < 4.78 is 0. The molecular formula is C18H20N2O. The molecule has 0 saturated carbocycles. The molecule has 0 radical (unpaired) electrons. The predicted molar refractivity (Wildman–Crippen MR) is 87.1 cm³/mol. The van der Waals surface area contributed by atoms with Crippen molar-refractivity contribution < 1.29 is 0 Å². The molecule has 0 aromatic heterocycles. The number of benzene rings is 1. The molecule has 3 heteroatoms. The van der Waals surface area contributed by atoms with Crippen LogP contribution in [0, 0.1) is 12.3 Å². The zero-order chi connectivity index (χ0) is 14.6. The van der Waals surface area contributed by atoms with Crippen molar-refractivity contribution in [1.82, 2.24) is 4.90 Å². The Morgan fingerprint density at radius 2 is 1.62 bits per heavy atom. The maximum absolute atomic E-state index is 11.8. The van der Waals surface area contributed by atoms with Crippen molar-refractivity contribution in [3.05, 3.63) is 52.2 Å². The lowest BCUT2D eigenvalue weighted by Crippen LogP contribution is -2.71. The number of nitrogens with zero attached hydrogens (tertiary/aromatic N) is 2. The Balaban J connectivity index is 1.65. The quantitative estimate of drug-likeness (QED) is 0.800. The molecule has 2 aliphatic heterocycles. The first kappa shape index (κ1) is 12.8. The maximum atomic E-state index is 11.8. The topological polar surface area (TPSA) is 23.6 Å². The van der Waals surface area contributed by atoms with E-state index in [0.29, 0.717) is 5.41 Å². The van der Waals surface area contributed by atoms with Gasteiger partial charge in [-0.05, 0) is 54.6 Å². The highest BCUT2D eigenvalue weighted by molar-refractivity contribution is 5.86. The Morgan fingerprint density at radius 3 is 2.33 bits per heavy atom. The minimum Gasteiger partial charge on any atom is -0.370 e. The standard InChI is InChI=1S/C18H20N2O/c1-13-7-14-3-5-16(8-15(14)4-6-17(13)21)20-11-18(12-20)9-19(2)10-18/h3-8H,9-12H2,1-2H3. The van der Waals surface area contributed by atoms with E-state index in [9.17, 15) is 4.79 Å². The molecule has 0 N–H and O–H groups in total. The summed E-state index contributed by atoms with van der Waals surface area (Å²) in [5.74, 6) is 0. The predicted octanol–water partition coefficient (Wildman–Crippen LogP) is 2.26. The molecule has 0 amide bonds. The Hall–Kier alpha value is -1.87. The summed E-state index contributed by atoms with van der Waals surface area (Å²) in [6, 6.07) is 12.1. The molecule has 2 saturated heterocycles. The van der Waals surface area contributed by atoms with Gasteiger partial charge in [0.1, 0.15) is 0 Å². The van der Waals surface area contributed by atoms with Crippen LogP contribution < -0.4 is 10.3 Å². The van der Waals surface area contributed by atoms with Crippen molar-refractivity contribution in [2.24, 2.45) is 5.41 Å². The molecule has 0 unspecified atom stereocenters. The van der Waals surface area contributed by atoms with Crippen LogP contribution in [-0.4, -0.2) is 38.1 Å². The van der Waals surface area contributed by atoms with Gasteiger partial charge in [0.05, 0.1) is 0 Å². The van der Waals surface area contributed by atoms with E-state index in [1.807, 2.05) is 19.1 Å². The molecule has 0 atom stereocenters. The summed E-state index contributed by atoms with van der Waals surface area (Å²) in [5, 5.41) is 2.28. The van der Waals surface area contributed by atoms with Crippen molar-refractivity contribution in [3.8, 4) is 0 Å². The second-order valence-electron chi connectivity index (χ2n) is 6.87. The molecule has 2 fully saturated rings. The van der Waals surface area contributed by atoms with Crippen LogP contribution in [0.2, 0.25) is 0 Å². The van der Waals surface area contributed by atoms with Gasteiger partial charge in [-0.2, -0.15) is 0 Å². The van der Waals surface area contributed by atoms with Gasteiger partial charge in [0.15, 0.2) is 5.43 Å². The molecule has 1 spiro atoms. The third-order valence-electron chi connectivity index (χ3n) is 4.87. The molecule has 3 nitrogen and oxygen atoms in total. The largest absolute Gasteiger partial charge is 0.370 e. The van der Waals surface area contributed by atoms with Crippen LogP contribution in [-0.2, 0) is 0 Å². The Kier molecular flexibility index (Phi) is 2.64. The third kappa shape index (κ3) is 2.04. The lowest BCUT2D eigenvalue weighted by molar-refractivity contribution is -0.00237. The van der Waals surface area contributed by atoms with Crippen molar-refractivity contribution in [1.29, 1.82) is 0 Å². The Labute approximate surface area is 124 Å². The fourth-order valence-electron chi connectivity index (χ4n) is 3.88. The Morgan fingerprint density at radius 1 is 0.952 bits per heavy atom. The number of fused-ring (bicyclic) bond motifs is 1. The van der Waals surface area contributed by atoms with Crippen molar-refractivity contribution in [2.75, 3.05) is 38.1 Å². The highest BCUT2D eigenvalue weighted by atomic mass is 16.1. The highest BCUT2D eigenvalue weighted by Gasteiger charge is 2.50. The minimum absolute atomic E-state index is 0.105. The summed E-state index contributed by atoms with van der Waals surface area (Å²) in [4.78, 5) is 16.6. The van der Waals surface area contributed by atoms with Gasteiger partial charge in [-0.25, -0.2) is 0 Å². The molecule has 108 valence electrons. The van der Waals surface area contributed by atoms with E-state index >= 15 is 0 Å². The molecule has 21 heavy (non-hydrogen) atoms. The van der Waals surface area contributed by atoms with Crippen LogP contribution in [0.25, 0.3) is 10.8 Å². The summed E-state index contributed by atoms with van der Waals surface area (Å²) >= 11 is 0. The van der Waals surface area contributed by atoms with E-state index in [1.54, 1.807) is 6.07 Å². The van der Waals surface area contributed by atoms with Gasteiger partial charge in [-0.3, -0.25) is 4.79 Å². The van der Waals surface area contributed by atoms with Crippen molar-refractivity contribution in [3.63, 3.8) is 0 Å². The van der Waals surface area contributed by atoms with Crippen LogP contribution in [0.3, 0.4) is 0 Å². The smallest absolute Gasteiger partial charge is 0.181 e. The fourth-order valence-corrected chi connectivity index (χ4v) is 3.88. The maximum Gasteiger partial charge on any atom is 0.181 e. The molecule has 2 aromatic carbocycles. The van der Waals surface area contributed by atoms with Gasteiger partial charge in [0.25, 0.3) is 0 Å².